The maximum atomic E-state index is 13.7. The first-order valence-electron chi connectivity index (χ1n) is 8.76. The number of benzene rings is 2. The van der Waals surface area contributed by atoms with E-state index in [1.54, 1.807) is 6.07 Å². The molecule has 0 unspecified atom stereocenters. The van der Waals surface area contributed by atoms with Crippen molar-refractivity contribution in [3.05, 3.63) is 64.7 Å². The van der Waals surface area contributed by atoms with Gasteiger partial charge in [-0.3, -0.25) is 9.59 Å². The van der Waals surface area contributed by atoms with Crippen molar-refractivity contribution in [2.45, 2.75) is 30.3 Å². The van der Waals surface area contributed by atoms with E-state index in [9.17, 15) is 18.4 Å². The van der Waals surface area contributed by atoms with Gasteiger partial charge in [0, 0.05) is 17.1 Å². The van der Waals surface area contributed by atoms with Crippen LogP contribution in [0, 0.1) is 11.6 Å². The van der Waals surface area contributed by atoms with Crippen LogP contribution in [-0.4, -0.2) is 29.5 Å². The minimum atomic E-state index is -0.619. The summed E-state index contributed by atoms with van der Waals surface area (Å²) in [6.07, 6.45) is 1.75. The van der Waals surface area contributed by atoms with Gasteiger partial charge in [0.2, 0.25) is 0 Å². The molecule has 146 valence electrons. The summed E-state index contributed by atoms with van der Waals surface area (Å²) in [4.78, 5) is 24.3. The highest BCUT2D eigenvalue weighted by Crippen LogP contribution is 2.60. The fourth-order valence-corrected chi connectivity index (χ4v) is 4.17. The summed E-state index contributed by atoms with van der Waals surface area (Å²) in [6, 6.07) is 9.76. The van der Waals surface area contributed by atoms with Crippen LogP contribution in [0.15, 0.2) is 42.5 Å². The van der Waals surface area contributed by atoms with Crippen LogP contribution in [0.5, 0.6) is 5.75 Å². The van der Waals surface area contributed by atoms with Crippen LogP contribution in [0.3, 0.4) is 0 Å². The number of carbonyl (C=O) groups is 2. The molecule has 0 radical (unpaired) electrons. The molecule has 0 saturated heterocycles. The van der Waals surface area contributed by atoms with E-state index in [0.29, 0.717) is 19.3 Å². The Hall–Kier alpha value is -2.67. The maximum Gasteiger partial charge on any atom is 0.258 e. The average Bonchev–Trinajstić information content (AvgIpc) is 2.60. The van der Waals surface area contributed by atoms with Gasteiger partial charge in [-0.1, -0.05) is 23.7 Å². The van der Waals surface area contributed by atoms with E-state index in [1.807, 2.05) is 0 Å². The molecule has 8 heteroatoms. The Morgan fingerprint density at radius 2 is 1.68 bits per heavy atom. The molecule has 3 fully saturated rings. The van der Waals surface area contributed by atoms with Gasteiger partial charge in [-0.05, 0) is 43.5 Å². The molecule has 2 N–H and O–H groups in total. The van der Waals surface area contributed by atoms with Crippen molar-refractivity contribution >= 4 is 23.4 Å². The smallest absolute Gasteiger partial charge is 0.258 e. The second-order valence-corrected chi connectivity index (χ2v) is 7.84. The lowest BCUT2D eigenvalue weighted by molar-refractivity contribution is -0.141. The first-order chi connectivity index (χ1) is 13.3. The van der Waals surface area contributed by atoms with E-state index < -0.39 is 23.1 Å². The molecule has 2 bridgehead atoms. The predicted octanol–water partition coefficient (Wildman–Crippen LogP) is 3.22. The van der Waals surface area contributed by atoms with Gasteiger partial charge in [-0.25, -0.2) is 8.78 Å². The molecule has 2 aromatic carbocycles. The molecule has 3 saturated carbocycles. The fourth-order valence-electron chi connectivity index (χ4n) is 4.05. The first-order valence-corrected chi connectivity index (χ1v) is 9.14. The summed E-state index contributed by atoms with van der Waals surface area (Å²) in [5.41, 5.74) is -0.755. The van der Waals surface area contributed by atoms with Crippen molar-refractivity contribution < 1.29 is 23.1 Å². The molecule has 0 atom stereocenters. The summed E-state index contributed by atoms with van der Waals surface area (Å²) >= 11 is 5.60. The number of halogens is 3. The molecule has 0 heterocycles. The number of hydrogen-bond donors (Lipinski definition) is 2. The van der Waals surface area contributed by atoms with Crippen LogP contribution in [0.25, 0.3) is 0 Å². The first kappa shape index (κ1) is 18.7. The third-order valence-electron chi connectivity index (χ3n) is 5.19. The van der Waals surface area contributed by atoms with E-state index >= 15 is 0 Å². The molecule has 2 aromatic rings. The fraction of sp³-hybridized carbons (Fsp3) is 0.300. The van der Waals surface area contributed by atoms with E-state index in [4.69, 9.17) is 16.3 Å². The standard InChI is InChI=1S/C20H17ClF2N2O3/c21-14-6-5-12(7-16(14)23)28-8-17(26)24-19-9-20(10-19,11-19)25-18(27)13-3-1-2-4-15(13)22/h1-7H,8-11H2,(H,24,26)(H,25,27). The van der Waals surface area contributed by atoms with Gasteiger partial charge in [0.05, 0.1) is 10.6 Å². The third-order valence-corrected chi connectivity index (χ3v) is 5.50. The molecule has 0 aliphatic heterocycles. The van der Waals surface area contributed by atoms with Gasteiger partial charge in [0.25, 0.3) is 11.8 Å². The Bertz CT molecular complexity index is 946. The van der Waals surface area contributed by atoms with E-state index in [1.165, 1.54) is 30.3 Å². The molecular formula is C20H17ClF2N2O3. The zero-order valence-corrected chi connectivity index (χ0v) is 15.5. The Kier molecular flexibility index (Phi) is 4.50. The molecule has 5 nitrogen and oxygen atoms in total. The van der Waals surface area contributed by atoms with Crippen LogP contribution in [0.2, 0.25) is 5.02 Å². The maximum absolute atomic E-state index is 13.7. The zero-order valence-electron chi connectivity index (χ0n) is 14.7. The monoisotopic (exact) mass is 406 g/mol. The Labute approximate surface area is 165 Å². The number of nitrogens with one attached hydrogen (secondary N) is 2. The number of rotatable bonds is 6. The highest BCUT2D eigenvalue weighted by molar-refractivity contribution is 6.30. The van der Waals surface area contributed by atoms with Crippen LogP contribution >= 0.6 is 11.6 Å². The van der Waals surface area contributed by atoms with Crippen molar-refractivity contribution in [2.24, 2.45) is 0 Å². The van der Waals surface area contributed by atoms with Crippen molar-refractivity contribution in [3.63, 3.8) is 0 Å². The summed E-state index contributed by atoms with van der Waals surface area (Å²) in [7, 11) is 0. The van der Waals surface area contributed by atoms with Crippen molar-refractivity contribution in [1.82, 2.24) is 10.6 Å². The van der Waals surface area contributed by atoms with E-state index in [2.05, 4.69) is 10.6 Å². The summed E-state index contributed by atoms with van der Waals surface area (Å²) < 4.78 is 32.3. The van der Waals surface area contributed by atoms with E-state index in [-0.39, 0.29) is 34.4 Å². The molecule has 28 heavy (non-hydrogen) atoms. The van der Waals surface area contributed by atoms with Gasteiger partial charge in [0.1, 0.15) is 17.4 Å². The second-order valence-electron chi connectivity index (χ2n) is 7.44. The lowest BCUT2D eigenvalue weighted by Gasteiger charge is -2.70. The topological polar surface area (TPSA) is 67.4 Å². The lowest BCUT2D eigenvalue weighted by Crippen LogP contribution is -2.84. The highest BCUT2D eigenvalue weighted by Gasteiger charge is 2.69. The molecular weight excluding hydrogens is 390 g/mol. The number of hydrogen-bond acceptors (Lipinski definition) is 3. The quantitative estimate of drug-likeness (QED) is 0.774. The van der Waals surface area contributed by atoms with Crippen LogP contribution in [0.1, 0.15) is 29.6 Å². The SMILES string of the molecule is O=C(COc1ccc(Cl)c(F)c1)NC12CC(NC(=O)c3ccccc3F)(C1)C2. The molecule has 3 aliphatic carbocycles. The van der Waals surface area contributed by atoms with Gasteiger partial charge < -0.3 is 15.4 Å². The minimum Gasteiger partial charge on any atom is -0.484 e. The normalized spacial score (nSPS) is 24.5. The number of ether oxygens (including phenoxy) is 1. The van der Waals surface area contributed by atoms with Crippen LogP contribution in [0.4, 0.5) is 8.78 Å². The average molecular weight is 407 g/mol. The molecule has 0 aromatic heterocycles. The summed E-state index contributed by atoms with van der Waals surface area (Å²) in [5, 5.41) is 5.74. The third kappa shape index (κ3) is 3.42. The summed E-state index contributed by atoms with van der Waals surface area (Å²) in [6.45, 7) is -0.253. The molecule has 3 aliphatic rings. The van der Waals surface area contributed by atoms with Gasteiger partial charge in [-0.15, -0.1) is 0 Å². The van der Waals surface area contributed by atoms with Crippen molar-refractivity contribution in [1.29, 1.82) is 0 Å². The molecule has 5 rings (SSSR count). The largest absolute Gasteiger partial charge is 0.484 e. The molecule has 0 spiro atoms. The van der Waals surface area contributed by atoms with E-state index in [0.717, 1.165) is 6.07 Å². The van der Waals surface area contributed by atoms with Gasteiger partial charge >= 0.3 is 0 Å². The number of carbonyl (C=O) groups excluding carboxylic acids is 2. The second kappa shape index (κ2) is 6.74. The zero-order chi connectivity index (χ0) is 19.9. The van der Waals surface area contributed by atoms with Crippen molar-refractivity contribution in [3.8, 4) is 5.75 Å². The van der Waals surface area contributed by atoms with Crippen LogP contribution < -0.4 is 15.4 Å². The Balaban J connectivity index is 1.25. The highest BCUT2D eigenvalue weighted by atomic mass is 35.5. The summed E-state index contributed by atoms with van der Waals surface area (Å²) in [5.74, 6) is -1.75. The molecule has 2 amide bonds. The van der Waals surface area contributed by atoms with Gasteiger partial charge in [-0.2, -0.15) is 0 Å². The van der Waals surface area contributed by atoms with Gasteiger partial charge in [0.15, 0.2) is 6.61 Å². The Morgan fingerprint density at radius 3 is 2.36 bits per heavy atom. The Morgan fingerprint density at radius 1 is 1.00 bits per heavy atom. The minimum absolute atomic E-state index is 0.00825. The van der Waals surface area contributed by atoms with Crippen molar-refractivity contribution in [2.75, 3.05) is 6.61 Å². The van der Waals surface area contributed by atoms with Crippen LogP contribution in [-0.2, 0) is 4.79 Å². The number of amides is 2. The lowest BCUT2D eigenvalue weighted by atomic mass is 9.44. The predicted molar refractivity (Wildman–Crippen MR) is 98.2 cm³/mol.